The van der Waals surface area contributed by atoms with E-state index in [0.29, 0.717) is 18.9 Å². The average Bonchev–Trinajstić information content (AvgIpc) is 3.47. The van der Waals surface area contributed by atoms with Gasteiger partial charge in [-0.15, -0.1) is 0 Å². The Balaban J connectivity index is 1.37. The highest BCUT2D eigenvalue weighted by atomic mass is 16.2. The molecule has 0 spiro atoms. The second-order valence-electron chi connectivity index (χ2n) is 7.59. The number of rotatable bonds is 8. The number of nitrogens with one attached hydrogen (secondary N) is 2. The lowest BCUT2D eigenvalue weighted by molar-refractivity contribution is -0.125. The smallest absolute Gasteiger partial charge is 0.228 e. The highest BCUT2D eigenvalue weighted by Crippen LogP contribution is 2.39. The molecule has 0 saturated heterocycles. The summed E-state index contributed by atoms with van der Waals surface area (Å²) in [6.45, 7) is 4.93. The van der Waals surface area contributed by atoms with Crippen LogP contribution in [-0.4, -0.2) is 18.4 Å². The SMILES string of the molecule is CC(C)c1ccc(NC(=O)C2CC2C(=O)NCCCc2ccccc2)cc1. The minimum atomic E-state index is -0.205. The van der Waals surface area contributed by atoms with E-state index >= 15 is 0 Å². The van der Waals surface area contributed by atoms with Gasteiger partial charge in [-0.3, -0.25) is 9.59 Å². The van der Waals surface area contributed by atoms with Gasteiger partial charge in [0.15, 0.2) is 0 Å². The van der Waals surface area contributed by atoms with Gasteiger partial charge in [-0.1, -0.05) is 56.3 Å². The van der Waals surface area contributed by atoms with Crippen molar-refractivity contribution in [3.05, 3.63) is 65.7 Å². The monoisotopic (exact) mass is 364 g/mol. The summed E-state index contributed by atoms with van der Waals surface area (Å²) >= 11 is 0. The molecule has 4 nitrogen and oxygen atoms in total. The topological polar surface area (TPSA) is 58.2 Å². The number of carbonyl (C=O) groups is 2. The van der Waals surface area contributed by atoms with Gasteiger partial charge in [0.25, 0.3) is 0 Å². The van der Waals surface area contributed by atoms with Crippen molar-refractivity contribution >= 4 is 17.5 Å². The molecule has 0 radical (unpaired) electrons. The highest BCUT2D eigenvalue weighted by Gasteiger charge is 2.47. The molecule has 2 N–H and O–H groups in total. The highest BCUT2D eigenvalue weighted by molar-refractivity contribution is 5.99. The molecule has 2 amide bonds. The second-order valence-corrected chi connectivity index (χ2v) is 7.59. The predicted molar refractivity (Wildman–Crippen MR) is 109 cm³/mol. The molecule has 0 aliphatic heterocycles. The zero-order valence-electron chi connectivity index (χ0n) is 16.1. The van der Waals surface area contributed by atoms with Crippen LogP contribution in [0.1, 0.15) is 43.7 Å². The fourth-order valence-electron chi connectivity index (χ4n) is 3.24. The Kier molecular flexibility index (Phi) is 6.28. The Morgan fingerprint density at radius 2 is 1.63 bits per heavy atom. The van der Waals surface area contributed by atoms with Gasteiger partial charge in [0.2, 0.25) is 11.8 Å². The molecule has 2 unspecified atom stereocenters. The first-order valence-corrected chi connectivity index (χ1v) is 9.77. The number of carbonyl (C=O) groups excluding carboxylic acids is 2. The Bertz CT molecular complexity index is 769. The molecule has 142 valence electrons. The summed E-state index contributed by atoms with van der Waals surface area (Å²) in [4.78, 5) is 24.5. The van der Waals surface area contributed by atoms with Gasteiger partial charge >= 0.3 is 0 Å². The van der Waals surface area contributed by atoms with Crippen molar-refractivity contribution in [3.8, 4) is 0 Å². The summed E-state index contributed by atoms with van der Waals surface area (Å²) in [6.07, 6.45) is 2.49. The normalized spacial score (nSPS) is 18.2. The number of hydrogen-bond donors (Lipinski definition) is 2. The fraction of sp³-hybridized carbons (Fsp3) is 0.391. The number of aryl methyl sites for hydroxylation is 1. The number of amides is 2. The van der Waals surface area contributed by atoms with Crippen molar-refractivity contribution in [3.63, 3.8) is 0 Å². The van der Waals surface area contributed by atoms with Crippen molar-refractivity contribution in [1.29, 1.82) is 0 Å². The van der Waals surface area contributed by atoms with E-state index in [-0.39, 0.29) is 23.7 Å². The van der Waals surface area contributed by atoms with Gasteiger partial charge in [0.05, 0.1) is 11.8 Å². The summed E-state index contributed by atoms with van der Waals surface area (Å²) in [5.74, 6) is 0.0174. The van der Waals surface area contributed by atoms with Crippen LogP contribution in [0.15, 0.2) is 54.6 Å². The maximum atomic E-state index is 12.3. The number of benzene rings is 2. The van der Waals surface area contributed by atoms with Crippen molar-refractivity contribution in [2.24, 2.45) is 11.8 Å². The van der Waals surface area contributed by atoms with E-state index in [1.54, 1.807) is 0 Å². The standard InChI is InChI=1S/C23H28N2O2/c1-16(2)18-10-12-19(13-11-18)25-23(27)21-15-20(21)22(26)24-14-6-9-17-7-4-3-5-8-17/h3-5,7-8,10-13,16,20-21H,6,9,14-15H2,1-2H3,(H,24,26)(H,25,27). The van der Waals surface area contributed by atoms with Crippen LogP contribution in [0, 0.1) is 11.8 Å². The quantitative estimate of drug-likeness (QED) is 0.692. The van der Waals surface area contributed by atoms with E-state index < -0.39 is 0 Å². The second kappa shape index (κ2) is 8.85. The van der Waals surface area contributed by atoms with E-state index in [2.05, 4.69) is 36.6 Å². The molecular weight excluding hydrogens is 336 g/mol. The maximum Gasteiger partial charge on any atom is 0.228 e. The maximum absolute atomic E-state index is 12.3. The Morgan fingerprint density at radius 3 is 2.30 bits per heavy atom. The van der Waals surface area contributed by atoms with Crippen LogP contribution in [0.3, 0.4) is 0 Å². The molecule has 0 aromatic heterocycles. The molecule has 2 aromatic carbocycles. The van der Waals surface area contributed by atoms with Crippen LogP contribution in [0.4, 0.5) is 5.69 Å². The number of hydrogen-bond acceptors (Lipinski definition) is 2. The molecule has 0 heterocycles. The summed E-state index contributed by atoms with van der Waals surface area (Å²) in [6, 6.07) is 18.2. The van der Waals surface area contributed by atoms with E-state index in [1.165, 1.54) is 11.1 Å². The van der Waals surface area contributed by atoms with Gasteiger partial charge in [-0.2, -0.15) is 0 Å². The molecule has 1 aliphatic carbocycles. The lowest BCUT2D eigenvalue weighted by atomic mass is 10.0. The number of anilines is 1. The van der Waals surface area contributed by atoms with Crippen LogP contribution in [0.5, 0.6) is 0 Å². The van der Waals surface area contributed by atoms with Crippen molar-refractivity contribution in [2.45, 2.75) is 39.0 Å². The van der Waals surface area contributed by atoms with Gasteiger partial charge in [-0.05, 0) is 48.4 Å². The molecule has 1 aliphatic rings. The van der Waals surface area contributed by atoms with Gasteiger partial charge in [-0.25, -0.2) is 0 Å². The first-order chi connectivity index (χ1) is 13.0. The van der Waals surface area contributed by atoms with Crippen LogP contribution in [0.25, 0.3) is 0 Å². The Labute approximate surface area is 161 Å². The summed E-state index contributed by atoms with van der Waals surface area (Å²) in [7, 11) is 0. The van der Waals surface area contributed by atoms with Gasteiger partial charge in [0, 0.05) is 12.2 Å². The minimum absolute atomic E-state index is 0.00151. The van der Waals surface area contributed by atoms with Crippen molar-refractivity contribution in [1.82, 2.24) is 5.32 Å². The van der Waals surface area contributed by atoms with Crippen LogP contribution < -0.4 is 10.6 Å². The first-order valence-electron chi connectivity index (χ1n) is 9.77. The molecule has 2 atom stereocenters. The third-order valence-corrected chi connectivity index (χ3v) is 5.09. The summed E-state index contributed by atoms with van der Waals surface area (Å²) in [5, 5.41) is 5.89. The molecule has 1 fully saturated rings. The van der Waals surface area contributed by atoms with Crippen LogP contribution >= 0.6 is 0 Å². The Morgan fingerprint density at radius 1 is 0.963 bits per heavy atom. The van der Waals surface area contributed by atoms with Gasteiger partial charge < -0.3 is 10.6 Å². The molecule has 0 bridgehead atoms. The molecule has 27 heavy (non-hydrogen) atoms. The van der Waals surface area contributed by atoms with E-state index in [9.17, 15) is 9.59 Å². The van der Waals surface area contributed by atoms with Crippen molar-refractivity contribution < 1.29 is 9.59 Å². The minimum Gasteiger partial charge on any atom is -0.356 e. The van der Waals surface area contributed by atoms with E-state index in [0.717, 1.165) is 18.5 Å². The zero-order chi connectivity index (χ0) is 19.2. The third-order valence-electron chi connectivity index (χ3n) is 5.09. The van der Waals surface area contributed by atoms with Gasteiger partial charge in [0.1, 0.15) is 0 Å². The van der Waals surface area contributed by atoms with E-state index in [1.807, 2.05) is 42.5 Å². The molecule has 2 aromatic rings. The molecular formula is C23H28N2O2. The summed E-state index contributed by atoms with van der Waals surface area (Å²) in [5.41, 5.74) is 3.31. The van der Waals surface area contributed by atoms with Crippen molar-refractivity contribution in [2.75, 3.05) is 11.9 Å². The third kappa shape index (κ3) is 5.43. The first kappa shape index (κ1) is 19.2. The molecule has 1 saturated carbocycles. The lowest BCUT2D eigenvalue weighted by Gasteiger charge is -2.08. The lowest BCUT2D eigenvalue weighted by Crippen LogP contribution is -2.28. The largest absolute Gasteiger partial charge is 0.356 e. The fourth-order valence-corrected chi connectivity index (χ4v) is 3.24. The Hall–Kier alpha value is -2.62. The zero-order valence-corrected chi connectivity index (χ0v) is 16.1. The van der Waals surface area contributed by atoms with Crippen LogP contribution in [-0.2, 0) is 16.0 Å². The van der Waals surface area contributed by atoms with E-state index in [4.69, 9.17) is 0 Å². The predicted octanol–water partition coefficient (Wildman–Crippen LogP) is 4.13. The molecule has 3 rings (SSSR count). The average molecular weight is 364 g/mol. The van der Waals surface area contributed by atoms with Crippen LogP contribution in [0.2, 0.25) is 0 Å². The molecule has 4 heteroatoms. The summed E-state index contributed by atoms with van der Waals surface area (Å²) < 4.78 is 0.